The van der Waals surface area contributed by atoms with Crippen LogP contribution in [0.4, 0.5) is 0 Å². The fraction of sp³-hybridized carbons (Fsp3) is 0.400. The predicted molar refractivity (Wildman–Crippen MR) is 41.0 cm³/mol. The van der Waals surface area contributed by atoms with Gasteiger partial charge in [0.25, 0.3) is 0 Å². The minimum absolute atomic E-state index is 0.131. The lowest BCUT2D eigenvalue weighted by Gasteiger charge is -2.02. The zero-order valence-electron chi connectivity index (χ0n) is 5.71. The van der Waals surface area contributed by atoms with Gasteiger partial charge in [-0.3, -0.25) is 0 Å². The van der Waals surface area contributed by atoms with Gasteiger partial charge in [0.05, 0.1) is 6.61 Å². The summed E-state index contributed by atoms with van der Waals surface area (Å²) in [6, 6.07) is 0. The summed E-state index contributed by atoms with van der Waals surface area (Å²) in [6.45, 7) is 2.28. The first-order chi connectivity index (χ1) is 5.25. The highest BCUT2D eigenvalue weighted by Gasteiger charge is 2.08. The Kier molecular flexibility index (Phi) is 2.84. The molecule has 6 heteroatoms. The predicted octanol–water partition coefficient (Wildman–Crippen LogP) is 1.58. The van der Waals surface area contributed by atoms with Crippen LogP contribution in [0, 0.1) is 0 Å². The molecule has 4 nitrogen and oxygen atoms in total. The Hall–Kier alpha value is -0.610. The summed E-state index contributed by atoms with van der Waals surface area (Å²) < 4.78 is 5.04. The van der Waals surface area contributed by atoms with Gasteiger partial charge >= 0.3 is 0 Å². The van der Waals surface area contributed by atoms with Crippen LogP contribution >= 0.6 is 23.2 Å². The van der Waals surface area contributed by atoms with Crippen molar-refractivity contribution in [3.05, 3.63) is 10.3 Å². The van der Waals surface area contributed by atoms with Gasteiger partial charge in [0.2, 0.25) is 0 Å². The molecule has 0 aliphatic rings. The maximum absolute atomic E-state index is 5.59. The normalized spacial score (nSPS) is 9.73. The number of aromatic nitrogens is 3. The summed E-state index contributed by atoms with van der Waals surface area (Å²) in [5.74, 6) is 0.283. The second-order valence-corrected chi connectivity index (χ2v) is 2.35. The molecule has 1 heterocycles. The van der Waals surface area contributed by atoms with Crippen molar-refractivity contribution in [3.8, 4) is 5.75 Å². The molecule has 0 aliphatic heterocycles. The Labute approximate surface area is 73.5 Å². The fourth-order valence-electron chi connectivity index (χ4n) is 0.540. The number of ether oxygens (including phenoxy) is 1. The zero-order valence-corrected chi connectivity index (χ0v) is 7.22. The second kappa shape index (κ2) is 3.69. The molecule has 60 valence electrons. The smallest absolute Gasteiger partial charge is 0.198 e. The molecule has 0 unspecified atom stereocenters. The topological polar surface area (TPSA) is 47.9 Å². The first kappa shape index (κ1) is 8.49. The van der Waals surface area contributed by atoms with E-state index < -0.39 is 0 Å². The standard InChI is InChI=1S/C5H5Cl2N3O/c1-2-11-3-4(6)8-10-9-5(3)7/h2H2,1H3. The molecule has 0 N–H and O–H groups in total. The summed E-state index contributed by atoms with van der Waals surface area (Å²) in [5.41, 5.74) is 0. The molecule has 0 saturated carbocycles. The van der Waals surface area contributed by atoms with Gasteiger partial charge in [-0.1, -0.05) is 23.2 Å². The van der Waals surface area contributed by atoms with E-state index in [0.29, 0.717) is 6.61 Å². The van der Waals surface area contributed by atoms with Crippen LogP contribution in [-0.4, -0.2) is 22.0 Å². The molecule has 0 radical (unpaired) electrons. The van der Waals surface area contributed by atoms with Crippen molar-refractivity contribution in [2.75, 3.05) is 6.61 Å². The van der Waals surface area contributed by atoms with Crippen LogP contribution in [0.1, 0.15) is 6.92 Å². The molecule has 0 saturated heterocycles. The molecular weight excluding hydrogens is 189 g/mol. The molecule has 11 heavy (non-hydrogen) atoms. The molecule has 0 spiro atoms. The Bertz CT molecular complexity index is 235. The summed E-state index contributed by atoms with van der Waals surface area (Å²) in [6.07, 6.45) is 0. The molecular formula is C5H5Cl2N3O. The molecule has 0 aromatic carbocycles. The quantitative estimate of drug-likeness (QED) is 0.716. The number of hydrogen-bond acceptors (Lipinski definition) is 4. The minimum atomic E-state index is 0.131. The first-order valence-corrected chi connectivity index (χ1v) is 3.68. The molecule has 0 bridgehead atoms. The van der Waals surface area contributed by atoms with Gasteiger partial charge in [0.15, 0.2) is 16.1 Å². The maximum Gasteiger partial charge on any atom is 0.198 e. The Morgan fingerprint density at radius 1 is 1.27 bits per heavy atom. The molecule has 1 rings (SSSR count). The molecule has 0 fully saturated rings. The number of hydrogen-bond donors (Lipinski definition) is 0. The highest BCUT2D eigenvalue weighted by molar-refractivity contribution is 6.35. The van der Waals surface area contributed by atoms with E-state index in [1.807, 2.05) is 6.92 Å². The summed E-state index contributed by atoms with van der Waals surface area (Å²) in [7, 11) is 0. The van der Waals surface area contributed by atoms with Gasteiger partial charge in [-0.05, 0) is 12.1 Å². The van der Waals surface area contributed by atoms with E-state index in [-0.39, 0.29) is 16.1 Å². The van der Waals surface area contributed by atoms with E-state index in [1.54, 1.807) is 0 Å². The van der Waals surface area contributed by atoms with E-state index in [1.165, 1.54) is 0 Å². The van der Waals surface area contributed by atoms with Crippen molar-refractivity contribution in [2.24, 2.45) is 0 Å². The van der Waals surface area contributed by atoms with Crippen LogP contribution in [0.2, 0.25) is 10.3 Å². The molecule has 1 aromatic heterocycles. The van der Waals surface area contributed by atoms with Gasteiger partial charge in [0, 0.05) is 0 Å². The third kappa shape index (κ3) is 1.91. The van der Waals surface area contributed by atoms with E-state index >= 15 is 0 Å². The lowest BCUT2D eigenvalue weighted by Crippen LogP contribution is -1.98. The fourth-order valence-corrected chi connectivity index (χ4v) is 0.944. The van der Waals surface area contributed by atoms with Crippen LogP contribution in [0.25, 0.3) is 0 Å². The van der Waals surface area contributed by atoms with Gasteiger partial charge in [-0.25, -0.2) is 0 Å². The molecule has 0 amide bonds. The third-order valence-electron chi connectivity index (χ3n) is 0.928. The van der Waals surface area contributed by atoms with E-state index in [0.717, 1.165) is 0 Å². The van der Waals surface area contributed by atoms with Crippen LogP contribution in [0.3, 0.4) is 0 Å². The van der Waals surface area contributed by atoms with Gasteiger partial charge in [0.1, 0.15) is 0 Å². The van der Waals surface area contributed by atoms with Gasteiger partial charge < -0.3 is 4.74 Å². The van der Waals surface area contributed by atoms with Crippen LogP contribution in [-0.2, 0) is 0 Å². The SMILES string of the molecule is CCOc1c(Cl)nnnc1Cl. The Morgan fingerprint density at radius 3 is 2.27 bits per heavy atom. The second-order valence-electron chi connectivity index (χ2n) is 1.63. The average molecular weight is 194 g/mol. The van der Waals surface area contributed by atoms with Crippen molar-refractivity contribution in [1.29, 1.82) is 0 Å². The lowest BCUT2D eigenvalue weighted by molar-refractivity contribution is 0.336. The van der Waals surface area contributed by atoms with E-state index in [4.69, 9.17) is 27.9 Å². The van der Waals surface area contributed by atoms with Crippen molar-refractivity contribution < 1.29 is 4.74 Å². The number of halogens is 2. The minimum Gasteiger partial charge on any atom is -0.488 e. The highest BCUT2D eigenvalue weighted by atomic mass is 35.5. The molecule has 0 atom stereocenters. The van der Waals surface area contributed by atoms with E-state index in [9.17, 15) is 0 Å². The highest BCUT2D eigenvalue weighted by Crippen LogP contribution is 2.27. The first-order valence-electron chi connectivity index (χ1n) is 2.93. The summed E-state index contributed by atoms with van der Waals surface area (Å²) in [4.78, 5) is 0. The largest absolute Gasteiger partial charge is 0.488 e. The number of nitrogens with zero attached hydrogens (tertiary/aromatic N) is 3. The monoisotopic (exact) mass is 193 g/mol. The summed E-state index contributed by atoms with van der Waals surface area (Å²) >= 11 is 11.2. The average Bonchev–Trinajstić information content (AvgIpc) is 1.97. The Balaban J connectivity index is 3.00. The van der Waals surface area contributed by atoms with Gasteiger partial charge in [-0.2, -0.15) is 0 Å². The van der Waals surface area contributed by atoms with Gasteiger partial charge in [-0.15, -0.1) is 10.2 Å². The van der Waals surface area contributed by atoms with Crippen molar-refractivity contribution in [3.63, 3.8) is 0 Å². The molecule has 1 aromatic rings. The molecule has 0 aliphatic carbocycles. The van der Waals surface area contributed by atoms with E-state index in [2.05, 4.69) is 15.4 Å². The van der Waals surface area contributed by atoms with Crippen LogP contribution in [0.15, 0.2) is 0 Å². The lowest BCUT2D eigenvalue weighted by atomic mass is 10.6. The number of rotatable bonds is 2. The van der Waals surface area contributed by atoms with Crippen molar-refractivity contribution in [2.45, 2.75) is 6.92 Å². The maximum atomic E-state index is 5.59. The zero-order chi connectivity index (χ0) is 8.27. The summed E-state index contributed by atoms with van der Waals surface area (Å²) in [5, 5.41) is 10.5. The Morgan fingerprint density at radius 2 is 1.82 bits per heavy atom. The van der Waals surface area contributed by atoms with Crippen LogP contribution in [0.5, 0.6) is 5.75 Å². The van der Waals surface area contributed by atoms with Crippen molar-refractivity contribution in [1.82, 2.24) is 15.4 Å². The third-order valence-corrected chi connectivity index (χ3v) is 1.42. The van der Waals surface area contributed by atoms with Crippen molar-refractivity contribution >= 4 is 23.2 Å². The van der Waals surface area contributed by atoms with Crippen LogP contribution < -0.4 is 4.74 Å².